The number of piperidine rings is 1. The number of aromatic nitrogens is 1. The highest BCUT2D eigenvalue weighted by Gasteiger charge is 2.29. The highest BCUT2D eigenvalue weighted by atomic mass is 16.2. The van der Waals surface area contributed by atoms with Crippen molar-refractivity contribution in [2.75, 3.05) is 17.6 Å². The Morgan fingerprint density at radius 3 is 2.90 bits per heavy atom. The summed E-state index contributed by atoms with van der Waals surface area (Å²) in [5, 5.41) is 2.60. The number of rotatable bonds is 2. The van der Waals surface area contributed by atoms with Crippen LogP contribution in [0.5, 0.6) is 0 Å². The van der Waals surface area contributed by atoms with Crippen LogP contribution in [-0.2, 0) is 9.59 Å². The number of nitrogens with two attached hydrogens (primary N) is 1. The lowest BCUT2D eigenvalue weighted by molar-refractivity contribution is -0.145. The Morgan fingerprint density at radius 2 is 2.24 bits per heavy atom. The Morgan fingerprint density at radius 1 is 1.48 bits per heavy atom. The van der Waals surface area contributed by atoms with Gasteiger partial charge in [0.25, 0.3) is 0 Å². The molecule has 0 radical (unpaired) electrons. The molecule has 1 atom stereocenters. The molecule has 0 spiro atoms. The Kier molecular flexibility index (Phi) is 4.77. The van der Waals surface area contributed by atoms with Crippen LogP contribution >= 0.6 is 0 Å². The molecule has 2 heterocycles. The summed E-state index contributed by atoms with van der Waals surface area (Å²) in [6, 6.07) is 1.88. The van der Waals surface area contributed by atoms with Crippen molar-refractivity contribution in [2.24, 2.45) is 0 Å². The monoisotopic (exact) mass is 290 g/mol. The van der Waals surface area contributed by atoms with Crippen LogP contribution in [0.15, 0.2) is 12.3 Å². The number of nitrogen functional groups attached to an aromatic ring is 1. The van der Waals surface area contributed by atoms with Crippen molar-refractivity contribution in [1.82, 2.24) is 9.88 Å². The Labute approximate surface area is 124 Å². The predicted molar refractivity (Wildman–Crippen MR) is 81.7 cm³/mol. The molecule has 6 nitrogen and oxygen atoms in total. The molecule has 0 bridgehead atoms. The fourth-order valence-corrected chi connectivity index (χ4v) is 2.66. The summed E-state index contributed by atoms with van der Waals surface area (Å²) in [6.45, 7) is 4.50. The lowest BCUT2D eigenvalue weighted by Gasteiger charge is -2.34. The smallest absolute Gasteiger partial charge is 0.313 e. The fourth-order valence-electron chi connectivity index (χ4n) is 2.66. The van der Waals surface area contributed by atoms with E-state index < -0.39 is 11.8 Å². The van der Waals surface area contributed by atoms with Crippen LogP contribution in [0.1, 0.15) is 38.2 Å². The molecule has 1 fully saturated rings. The molecule has 0 saturated carbocycles. The predicted octanol–water partition coefficient (Wildman–Crippen LogP) is 1.70. The van der Waals surface area contributed by atoms with Crippen molar-refractivity contribution >= 4 is 23.3 Å². The first-order valence-electron chi connectivity index (χ1n) is 7.37. The van der Waals surface area contributed by atoms with Gasteiger partial charge in [0.05, 0.1) is 11.9 Å². The van der Waals surface area contributed by atoms with E-state index in [1.807, 2.05) is 6.92 Å². The number of nitrogens with one attached hydrogen (secondary N) is 1. The summed E-state index contributed by atoms with van der Waals surface area (Å²) in [7, 11) is 0. The zero-order valence-corrected chi connectivity index (χ0v) is 12.6. The Bertz CT molecular complexity index is 544. The van der Waals surface area contributed by atoms with Crippen molar-refractivity contribution in [2.45, 2.75) is 45.6 Å². The van der Waals surface area contributed by atoms with E-state index in [4.69, 9.17) is 5.73 Å². The standard InChI is InChI=1S/C15H22N4O2/c1-3-12-6-4-5-7-19(12)15(21)14(20)18-11-8-10(2)13(16)17-9-11/h8-9,12H,3-7H2,1-2H3,(H2,16,17)(H,18,20)/t12-/m0/s1. The van der Waals surface area contributed by atoms with Gasteiger partial charge < -0.3 is 16.0 Å². The number of aryl methyl sites for hydroxylation is 1. The molecule has 0 aromatic carbocycles. The highest BCUT2D eigenvalue weighted by molar-refractivity contribution is 6.39. The molecule has 6 heteroatoms. The number of likely N-dealkylation sites (tertiary alicyclic amines) is 1. The van der Waals surface area contributed by atoms with Crippen molar-refractivity contribution in [3.8, 4) is 0 Å². The second-order valence-corrected chi connectivity index (χ2v) is 5.44. The average molecular weight is 290 g/mol. The van der Waals surface area contributed by atoms with E-state index in [0.29, 0.717) is 18.1 Å². The molecule has 1 aliphatic heterocycles. The van der Waals surface area contributed by atoms with Gasteiger partial charge in [-0.1, -0.05) is 6.92 Å². The summed E-state index contributed by atoms with van der Waals surface area (Å²) >= 11 is 0. The van der Waals surface area contributed by atoms with Gasteiger partial charge in [-0.15, -0.1) is 0 Å². The maximum atomic E-state index is 12.3. The van der Waals surface area contributed by atoms with Crippen molar-refractivity contribution in [3.05, 3.63) is 17.8 Å². The molecule has 21 heavy (non-hydrogen) atoms. The minimum atomic E-state index is -0.610. The van der Waals surface area contributed by atoms with Crippen LogP contribution in [0.25, 0.3) is 0 Å². The maximum absolute atomic E-state index is 12.3. The van der Waals surface area contributed by atoms with Gasteiger partial charge in [0.15, 0.2) is 0 Å². The second kappa shape index (κ2) is 6.56. The molecular weight excluding hydrogens is 268 g/mol. The number of hydrogen-bond donors (Lipinski definition) is 2. The summed E-state index contributed by atoms with van der Waals surface area (Å²) in [5.41, 5.74) is 6.89. The van der Waals surface area contributed by atoms with Gasteiger partial charge in [-0.3, -0.25) is 9.59 Å². The lowest BCUT2D eigenvalue weighted by atomic mass is 10.00. The Hall–Kier alpha value is -2.11. The van der Waals surface area contributed by atoms with Gasteiger partial charge in [0.1, 0.15) is 5.82 Å². The zero-order valence-electron chi connectivity index (χ0n) is 12.6. The van der Waals surface area contributed by atoms with Gasteiger partial charge in [0, 0.05) is 12.6 Å². The molecule has 1 saturated heterocycles. The minimum absolute atomic E-state index is 0.170. The summed E-state index contributed by atoms with van der Waals surface area (Å²) in [5.74, 6) is -0.654. The summed E-state index contributed by atoms with van der Waals surface area (Å²) in [4.78, 5) is 30.1. The number of anilines is 2. The van der Waals surface area contributed by atoms with Crippen LogP contribution in [0, 0.1) is 6.92 Å². The van der Waals surface area contributed by atoms with Crippen LogP contribution in [0.2, 0.25) is 0 Å². The lowest BCUT2D eigenvalue weighted by Crippen LogP contribution is -2.48. The number of pyridine rings is 1. The second-order valence-electron chi connectivity index (χ2n) is 5.44. The summed E-state index contributed by atoms with van der Waals surface area (Å²) in [6.07, 6.45) is 5.38. The number of carbonyl (C=O) groups is 2. The molecule has 2 rings (SSSR count). The van der Waals surface area contributed by atoms with Crippen molar-refractivity contribution in [3.63, 3.8) is 0 Å². The number of nitrogens with zero attached hydrogens (tertiary/aromatic N) is 2. The first-order chi connectivity index (χ1) is 10.0. The zero-order chi connectivity index (χ0) is 15.4. The normalized spacial score (nSPS) is 18.4. The number of hydrogen-bond acceptors (Lipinski definition) is 4. The molecule has 0 unspecified atom stereocenters. The highest BCUT2D eigenvalue weighted by Crippen LogP contribution is 2.20. The summed E-state index contributed by atoms with van der Waals surface area (Å²) < 4.78 is 0. The molecular formula is C15H22N4O2. The molecule has 114 valence electrons. The van der Waals surface area contributed by atoms with Crippen molar-refractivity contribution in [1.29, 1.82) is 0 Å². The molecule has 0 aliphatic carbocycles. The quantitative estimate of drug-likeness (QED) is 0.811. The third kappa shape index (κ3) is 3.51. The molecule has 1 aromatic rings. The van der Waals surface area contributed by atoms with Crippen LogP contribution in [-0.4, -0.2) is 34.3 Å². The van der Waals surface area contributed by atoms with Gasteiger partial charge in [0.2, 0.25) is 0 Å². The van der Waals surface area contributed by atoms with Crippen LogP contribution < -0.4 is 11.1 Å². The van der Waals surface area contributed by atoms with E-state index >= 15 is 0 Å². The van der Waals surface area contributed by atoms with Gasteiger partial charge in [-0.2, -0.15) is 0 Å². The molecule has 1 aromatic heterocycles. The number of carbonyl (C=O) groups excluding carboxylic acids is 2. The van der Waals surface area contributed by atoms with Crippen LogP contribution in [0.3, 0.4) is 0 Å². The first kappa shape index (κ1) is 15.3. The van der Waals surface area contributed by atoms with E-state index in [9.17, 15) is 9.59 Å². The van der Waals surface area contributed by atoms with E-state index in [1.54, 1.807) is 17.9 Å². The third-order valence-electron chi connectivity index (χ3n) is 3.93. The maximum Gasteiger partial charge on any atom is 0.313 e. The van der Waals surface area contributed by atoms with E-state index in [1.165, 1.54) is 6.20 Å². The van der Waals surface area contributed by atoms with Crippen molar-refractivity contribution < 1.29 is 9.59 Å². The third-order valence-corrected chi connectivity index (χ3v) is 3.93. The topological polar surface area (TPSA) is 88.3 Å². The average Bonchev–Trinajstić information content (AvgIpc) is 2.50. The fraction of sp³-hybridized carbons (Fsp3) is 0.533. The van der Waals surface area contributed by atoms with Gasteiger partial charge >= 0.3 is 11.8 Å². The van der Waals surface area contributed by atoms with Crippen LogP contribution in [0.4, 0.5) is 11.5 Å². The minimum Gasteiger partial charge on any atom is -0.383 e. The number of amides is 2. The first-order valence-corrected chi connectivity index (χ1v) is 7.37. The molecule has 3 N–H and O–H groups in total. The largest absolute Gasteiger partial charge is 0.383 e. The Balaban J connectivity index is 2.04. The SMILES string of the molecule is CC[C@H]1CCCCN1C(=O)C(=O)Nc1cnc(N)c(C)c1. The van der Waals surface area contributed by atoms with Gasteiger partial charge in [-0.05, 0) is 44.2 Å². The van der Waals surface area contributed by atoms with E-state index in [2.05, 4.69) is 10.3 Å². The van der Waals surface area contributed by atoms with E-state index in [-0.39, 0.29) is 6.04 Å². The molecule has 1 aliphatic rings. The van der Waals surface area contributed by atoms with E-state index in [0.717, 1.165) is 31.2 Å². The van der Waals surface area contributed by atoms with Gasteiger partial charge in [-0.25, -0.2) is 4.98 Å². The molecule has 2 amide bonds.